The van der Waals surface area contributed by atoms with Crippen LogP contribution in [0.2, 0.25) is 5.02 Å². The summed E-state index contributed by atoms with van der Waals surface area (Å²) in [7, 11) is 0. The quantitative estimate of drug-likeness (QED) is 0.560. The van der Waals surface area contributed by atoms with E-state index < -0.39 is 0 Å². The van der Waals surface area contributed by atoms with Crippen molar-refractivity contribution in [1.82, 2.24) is 9.99 Å². The Bertz CT molecular complexity index is 1330. The lowest BCUT2D eigenvalue weighted by Gasteiger charge is -2.21. The van der Waals surface area contributed by atoms with E-state index in [9.17, 15) is 14.4 Å². The van der Waals surface area contributed by atoms with Crippen LogP contribution in [-0.2, 0) is 9.59 Å². The number of hydrogen-bond donors (Lipinski definition) is 2. The number of aryl methyl sites for hydroxylation is 1. The van der Waals surface area contributed by atoms with Gasteiger partial charge in [0.25, 0.3) is 5.56 Å². The monoisotopic (exact) mass is 464 g/mol. The highest BCUT2D eigenvalue weighted by atomic mass is 35.5. The summed E-state index contributed by atoms with van der Waals surface area (Å²) in [6, 6.07) is 12.4. The molecular weight excluding hydrogens is 440 g/mol. The predicted octanol–water partition coefficient (Wildman–Crippen LogP) is 4.93. The van der Waals surface area contributed by atoms with Gasteiger partial charge in [-0.2, -0.15) is 5.10 Å². The Morgan fingerprint density at radius 1 is 1.15 bits per heavy atom. The number of aromatic nitrogens is 1. The molecule has 1 aliphatic heterocycles. The van der Waals surface area contributed by atoms with Gasteiger partial charge in [0, 0.05) is 40.9 Å². The van der Waals surface area contributed by atoms with Gasteiger partial charge >= 0.3 is 0 Å². The fourth-order valence-corrected chi connectivity index (χ4v) is 4.30. The Morgan fingerprint density at radius 2 is 1.88 bits per heavy atom. The minimum Gasteiger partial charge on any atom is -0.326 e. The molecule has 1 aromatic heterocycles. The summed E-state index contributed by atoms with van der Waals surface area (Å²) in [5.74, 6) is -0.195. The zero-order valence-corrected chi connectivity index (χ0v) is 19.5. The maximum absolute atomic E-state index is 13.0. The number of nitrogens with one attached hydrogen (secondary N) is 2. The van der Waals surface area contributed by atoms with Crippen molar-refractivity contribution >= 4 is 45.7 Å². The molecule has 1 unspecified atom stereocenters. The Morgan fingerprint density at radius 3 is 2.55 bits per heavy atom. The van der Waals surface area contributed by atoms with E-state index in [4.69, 9.17) is 11.6 Å². The van der Waals surface area contributed by atoms with Crippen LogP contribution in [0.4, 0.5) is 5.69 Å². The zero-order valence-electron chi connectivity index (χ0n) is 18.7. The molecule has 0 spiro atoms. The van der Waals surface area contributed by atoms with Crippen molar-refractivity contribution in [2.45, 2.75) is 46.1 Å². The molecule has 1 aliphatic rings. The van der Waals surface area contributed by atoms with E-state index in [-0.39, 0.29) is 23.4 Å². The number of benzene rings is 2. The van der Waals surface area contributed by atoms with Gasteiger partial charge in [0.1, 0.15) is 0 Å². The van der Waals surface area contributed by atoms with Gasteiger partial charge in [-0.3, -0.25) is 14.4 Å². The van der Waals surface area contributed by atoms with E-state index in [1.165, 1.54) is 5.01 Å². The van der Waals surface area contributed by atoms with E-state index in [0.717, 1.165) is 16.5 Å². The third-order valence-corrected chi connectivity index (χ3v) is 6.13. The minimum absolute atomic E-state index is 0.0665. The topological polar surface area (TPSA) is 94.6 Å². The van der Waals surface area contributed by atoms with E-state index in [1.807, 2.05) is 37.3 Å². The van der Waals surface area contributed by atoms with Gasteiger partial charge in [-0.25, -0.2) is 5.01 Å². The minimum atomic E-state index is -0.336. The first-order valence-corrected chi connectivity index (χ1v) is 11.3. The van der Waals surface area contributed by atoms with Crippen LogP contribution in [0.5, 0.6) is 0 Å². The molecule has 2 aromatic carbocycles. The van der Waals surface area contributed by atoms with Crippen LogP contribution in [0.15, 0.2) is 52.4 Å². The highest BCUT2D eigenvalue weighted by Crippen LogP contribution is 2.34. The molecule has 2 heterocycles. The molecular formula is C25H25ClN4O3. The summed E-state index contributed by atoms with van der Waals surface area (Å²) >= 11 is 6.18. The number of halogens is 1. The molecule has 2 amide bonds. The second-order valence-corrected chi connectivity index (χ2v) is 8.46. The third kappa shape index (κ3) is 4.41. The molecule has 4 rings (SSSR count). The zero-order chi connectivity index (χ0) is 23.7. The number of nitrogens with zero attached hydrogens (tertiary/aromatic N) is 2. The maximum Gasteiger partial charge on any atom is 0.257 e. The van der Waals surface area contributed by atoms with E-state index in [0.29, 0.717) is 46.8 Å². The molecule has 0 aliphatic carbocycles. The molecule has 33 heavy (non-hydrogen) atoms. The molecule has 2 N–H and O–H groups in total. The molecule has 0 fully saturated rings. The van der Waals surface area contributed by atoms with E-state index in [2.05, 4.69) is 15.4 Å². The predicted molar refractivity (Wildman–Crippen MR) is 131 cm³/mol. The van der Waals surface area contributed by atoms with Gasteiger partial charge in [-0.05, 0) is 48.4 Å². The van der Waals surface area contributed by atoms with Crippen LogP contribution in [-0.4, -0.2) is 27.5 Å². The van der Waals surface area contributed by atoms with E-state index >= 15 is 0 Å². The standard InChI is InChI=1S/C25H25ClN4O3/c1-4-22(31)27-17-9-6-15(7-10-17)21-13-20(29-30(21)23(32)5-2)24-14(3)18-12-16(26)8-11-19(18)28-25(24)33/h6-12,21H,4-5,13H2,1-3H3,(H,27,31)(H,28,33). The summed E-state index contributed by atoms with van der Waals surface area (Å²) in [5.41, 5.74) is 3.82. The Balaban J connectivity index is 1.73. The highest BCUT2D eigenvalue weighted by molar-refractivity contribution is 6.31. The largest absolute Gasteiger partial charge is 0.326 e. The molecule has 0 saturated heterocycles. The number of aromatic amines is 1. The van der Waals surface area contributed by atoms with Gasteiger partial charge < -0.3 is 10.3 Å². The summed E-state index contributed by atoms with van der Waals surface area (Å²) < 4.78 is 0. The van der Waals surface area contributed by atoms with Crippen LogP contribution in [0.3, 0.4) is 0 Å². The van der Waals surface area contributed by atoms with Crippen molar-refractivity contribution < 1.29 is 9.59 Å². The van der Waals surface area contributed by atoms with Crippen molar-refractivity contribution in [3.8, 4) is 0 Å². The van der Waals surface area contributed by atoms with Gasteiger partial charge in [0.05, 0.1) is 17.3 Å². The fraction of sp³-hybridized carbons (Fsp3) is 0.280. The van der Waals surface area contributed by atoms with Crippen molar-refractivity contribution in [3.63, 3.8) is 0 Å². The lowest BCUT2D eigenvalue weighted by molar-refractivity contribution is -0.132. The highest BCUT2D eigenvalue weighted by Gasteiger charge is 2.34. The van der Waals surface area contributed by atoms with Crippen molar-refractivity contribution in [2.75, 3.05) is 5.32 Å². The van der Waals surface area contributed by atoms with Gasteiger partial charge in [-0.1, -0.05) is 37.6 Å². The van der Waals surface area contributed by atoms with Crippen molar-refractivity contribution in [2.24, 2.45) is 5.10 Å². The molecule has 7 nitrogen and oxygen atoms in total. The smallest absolute Gasteiger partial charge is 0.257 e. The number of carbonyl (C=O) groups is 2. The fourth-order valence-electron chi connectivity index (χ4n) is 4.12. The van der Waals surface area contributed by atoms with E-state index in [1.54, 1.807) is 26.0 Å². The number of hydrazone groups is 1. The van der Waals surface area contributed by atoms with Gasteiger partial charge in [0.2, 0.25) is 11.8 Å². The molecule has 3 aromatic rings. The van der Waals surface area contributed by atoms with Crippen molar-refractivity contribution in [3.05, 3.63) is 74.5 Å². The second kappa shape index (κ2) is 9.19. The molecule has 0 bridgehead atoms. The Hall–Kier alpha value is -3.45. The second-order valence-electron chi connectivity index (χ2n) is 8.03. The van der Waals surface area contributed by atoms with Crippen molar-refractivity contribution in [1.29, 1.82) is 0 Å². The first-order chi connectivity index (χ1) is 15.8. The lowest BCUT2D eigenvalue weighted by Crippen LogP contribution is -2.26. The summed E-state index contributed by atoms with van der Waals surface area (Å²) in [6.07, 6.45) is 1.09. The number of H-pyrrole nitrogens is 1. The van der Waals surface area contributed by atoms with Gasteiger partial charge in [-0.15, -0.1) is 0 Å². The average molecular weight is 465 g/mol. The molecule has 8 heteroatoms. The van der Waals surface area contributed by atoms with Crippen LogP contribution in [0.1, 0.15) is 55.8 Å². The van der Waals surface area contributed by atoms with Crippen LogP contribution in [0, 0.1) is 6.92 Å². The number of amides is 2. The summed E-state index contributed by atoms with van der Waals surface area (Å²) in [6.45, 7) is 5.45. The van der Waals surface area contributed by atoms with Crippen LogP contribution >= 0.6 is 11.6 Å². The average Bonchev–Trinajstić information content (AvgIpc) is 3.24. The number of carbonyl (C=O) groups excluding carboxylic acids is 2. The molecule has 0 radical (unpaired) electrons. The Labute approximate surface area is 196 Å². The number of hydrogen-bond acceptors (Lipinski definition) is 4. The third-order valence-electron chi connectivity index (χ3n) is 5.89. The van der Waals surface area contributed by atoms with Gasteiger partial charge in [0.15, 0.2) is 0 Å². The van der Waals surface area contributed by atoms with Crippen LogP contribution in [0.25, 0.3) is 10.9 Å². The first kappa shape index (κ1) is 22.7. The van der Waals surface area contributed by atoms with Crippen LogP contribution < -0.4 is 10.9 Å². The number of anilines is 1. The molecule has 170 valence electrons. The molecule has 1 atom stereocenters. The number of rotatable bonds is 5. The number of fused-ring (bicyclic) bond motifs is 1. The SMILES string of the molecule is CCC(=O)Nc1ccc(C2CC(c3c(C)c4cc(Cl)ccc4[nH]c3=O)=NN2C(=O)CC)cc1. The first-order valence-electron chi connectivity index (χ1n) is 10.9. The number of pyridine rings is 1. The Kier molecular flexibility index (Phi) is 6.33. The maximum atomic E-state index is 13.0. The lowest BCUT2D eigenvalue weighted by atomic mass is 9.95. The molecule has 0 saturated carbocycles. The normalized spacial score (nSPS) is 15.6. The summed E-state index contributed by atoms with van der Waals surface area (Å²) in [4.78, 5) is 40.3. The summed E-state index contributed by atoms with van der Waals surface area (Å²) in [5, 5.41) is 10.3.